The molecule has 4 heteroatoms. The van der Waals surface area contributed by atoms with Crippen LogP contribution in [0.25, 0.3) is 0 Å². The quantitative estimate of drug-likeness (QED) is 0.859. The molecule has 0 radical (unpaired) electrons. The van der Waals surface area contributed by atoms with E-state index in [1.165, 1.54) is 0 Å². The molecule has 1 saturated heterocycles. The molecule has 0 bridgehead atoms. The summed E-state index contributed by atoms with van der Waals surface area (Å²) in [6.45, 7) is 3.21. The van der Waals surface area contributed by atoms with Gasteiger partial charge >= 0.3 is 0 Å². The predicted molar refractivity (Wildman–Crippen MR) is 66.3 cm³/mol. The average molecular weight is 281 g/mol. The van der Waals surface area contributed by atoms with E-state index < -0.39 is 5.60 Å². The van der Waals surface area contributed by atoms with Gasteiger partial charge in [-0.05, 0) is 31.5 Å². The van der Waals surface area contributed by atoms with Gasteiger partial charge in [0.05, 0.1) is 16.9 Å². The highest BCUT2D eigenvalue weighted by Gasteiger charge is 2.32. The van der Waals surface area contributed by atoms with E-state index in [2.05, 4.69) is 26.9 Å². The van der Waals surface area contributed by atoms with Crippen LogP contribution in [0.4, 0.5) is 5.69 Å². The lowest BCUT2D eigenvalue weighted by molar-refractivity contribution is 0.0839. The first-order valence-corrected chi connectivity index (χ1v) is 5.98. The van der Waals surface area contributed by atoms with Gasteiger partial charge in [-0.15, -0.1) is 0 Å². The van der Waals surface area contributed by atoms with Crippen molar-refractivity contribution in [2.45, 2.75) is 18.9 Å². The Hall–Kier alpha value is -1.05. The fourth-order valence-corrected chi connectivity index (χ4v) is 2.39. The number of anilines is 1. The fourth-order valence-electron chi connectivity index (χ4n) is 2.02. The summed E-state index contributed by atoms with van der Waals surface area (Å²) >= 11 is 3.35. The van der Waals surface area contributed by atoms with Gasteiger partial charge in [-0.25, -0.2) is 0 Å². The van der Waals surface area contributed by atoms with Crippen LogP contribution in [0.1, 0.15) is 18.9 Å². The summed E-state index contributed by atoms with van der Waals surface area (Å²) in [5.41, 5.74) is 0.912. The summed E-state index contributed by atoms with van der Waals surface area (Å²) in [6, 6.07) is 7.84. The summed E-state index contributed by atoms with van der Waals surface area (Å²) in [5.74, 6) is 0. The molecule has 1 aromatic carbocycles. The van der Waals surface area contributed by atoms with Crippen LogP contribution in [0.3, 0.4) is 0 Å². The van der Waals surface area contributed by atoms with Gasteiger partial charge in [0.2, 0.25) is 0 Å². The van der Waals surface area contributed by atoms with Gasteiger partial charge in [0.15, 0.2) is 0 Å². The van der Waals surface area contributed by atoms with Crippen molar-refractivity contribution < 1.29 is 5.11 Å². The first kappa shape index (κ1) is 11.4. The number of aliphatic hydroxyl groups is 1. The van der Waals surface area contributed by atoms with Crippen molar-refractivity contribution >= 4 is 21.6 Å². The Balaban J connectivity index is 2.32. The van der Waals surface area contributed by atoms with E-state index in [0.29, 0.717) is 12.1 Å². The minimum Gasteiger partial charge on any atom is -0.388 e. The molecule has 0 spiro atoms. The Labute approximate surface area is 103 Å². The smallest absolute Gasteiger partial charge is 0.101 e. The Morgan fingerprint density at radius 1 is 1.56 bits per heavy atom. The molecule has 16 heavy (non-hydrogen) atoms. The summed E-state index contributed by atoms with van der Waals surface area (Å²) in [6.07, 6.45) is 0.744. The SMILES string of the molecule is CC1(O)CCN(c2ccc(Br)cc2C#N)C1. The number of rotatable bonds is 1. The Morgan fingerprint density at radius 2 is 2.31 bits per heavy atom. The average Bonchev–Trinajstić information content (AvgIpc) is 2.58. The molecular formula is C12H13BrN2O. The number of halogens is 1. The van der Waals surface area contributed by atoms with Crippen LogP contribution in [-0.4, -0.2) is 23.8 Å². The minimum atomic E-state index is -0.639. The van der Waals surface area contributed by atoms with Gasteiger partial charge in [0.1, 0.15) is 6.07 Å². The van der Waals surface area contributed by atoms with Crippen LogP contribution in [0.2, 0.25) is 0 Å². The molecule has 1 aliphatic heterocycles. The van der Waals surface area contributed by atoms with Gasteiger partial charge in [0, 0.05) is 17.6 Å². The predicted octanol–water partition coefficient (Wildman–Crippen LogP) is 2.28. The van der Waals surface area contributed by atoms with Crippen molar-refractivity contribution in [3.05, 3.63) is 28.2 Å². The third kappa shape index (κ3) is 2.21. The highest BCUT2D eigenvalue weighted by Crippen LogP contribution is 2.30. The first-order chi connectivity index (χ1) is 7.52. The van der Waals surface area contributed by atoms with Crippen LogP contribution in [-0.2, 0) is 0 Å². The monoisotopic (exact) mass is 280 g/mol. The fraction of sp³-hybridized carbons (Fsp3) is 0.417. The lowest BCUT2D eigenvalue weighted by Crippen LogP contribution is -2.29. The van der Waals surface area contributed by atoms with Crippen LogP contribution in [0.15, 0.2) is 22.7 Å². The zero-order valence-corrected chi connectivity index (χ0v) is 10.7. The highest BCUT2D eigenvalue weighted by atomic mass is 79.9. The van der Waals surface area contributed by atoms with Crippen LogP contribution < -0.4 is 4.90 Å². The van der Waals surface area contributed by atoms with E-state index >= 15 is 0 Å². The van der Waals surface area contributed by atoms with Crippen molar-refractivity contribution in [1.82, 2.24) is 0 Å². The van der Waals surface area contributed by atoms with E-state index in [4.69, 9.17) is 5.26 Å². The summed E-state index contributed by atoms with van der Waals surface area (Å²) in [7, 11) is 0. The van der Waals surface area contributed by atoms with Crippen LogP contribution >= 0.6 is 15.9 Å². The number of hydrogen-bond acceptors (Lipinski definition) is 3. The van der Waals surface area contributed by atoms with Crippen molar-refractivity contribution in [3.8, 4) is 6.07 Å². The second-order valence-corrected chi connectivity index (χ2v) is 5.36. The third-order valence-electron chi connectivity index (χ3n) is 2.87. The molecule has 1 aliphatic rings. The maximum Gasteiger partial charge on any atom is 0.101 e. The molecule has 0 amide bonds. The second kappa shape index (κ2) is 4.08. The van der Waals surface area contributed by atoms with E-state index in [1.54, 1.807) is 0 Å². The zero-order valence-electron chi connectivity index (χ0n) is 9.07. The van der Waals surface area contributed by atoms with E-state index in [0.717, 1.165) is 23.1 Å². The van der Waals surface area contributed by atoms with E-state index in [9.17, 15) is 5.11 Å². The van der Waals surface area contributed by atoms with Gasteiger partial charge in [-0.3, -0.25) is 0 Å². The molecular weight excluding hydrogens is 268 g/mol. The Bertz CT molecular complexity index is 451. The summed E-state index contributed by atoms with van der Waals surface area (Å²) in [4.78, 5) is 2.06. The lowest BCUT2D eigenvalue weighted by Gasteiger charge is -2.21. The molecule has 84 valence electrons. The van der Waals surface area contributed by atoms with Crippen LogP contribution in [0, 0.1) is 11.3 Å². The van der Waals surface area contributed by atoms with E-state index in [-0.39, 0.29) is 0 Å². The van der Waals surface area contributed by atoms with Crippen molar-refractivity contribution in [2.75, 3.05) is 18.0 Å². The molecule has 0 saturated carbocycles. The molecule has 0 aliphatic carbocycles. The summed E-state index contributed by atoms with van der Waals surface area (Å²) in [5, 5.41) is 19.0. The van der Waals surface area contributed by atoms with Gasteiger partial charge in [0.25, 0.3) is 0 Å². The maximum absolute atomic E-state index is 9.91. The highest BCUT2D eigenvalue weighted by molar-refractivity contribution is 9.10. The number of nitriles is 1. The van der Waals surface area contributed by atoms with E-state index in [1.807, 2.05) is 25.1 Å². The van der Waals surface area contributed by atoms with Crippen molar-refractivity contribution in [3.63, 3.8) is 0 Å². The summed E-state index contributed by atoms with van der Waals surface area (Å²) < 4.78 is 0.902. The van der Waals surface area contributed by atoms with Gasteiger partial charge in [-0.2, -0.15) is 5.26 Å². The number of β-amino-alcohol motifs (C(OH)–C–C–N with tert-alkyl or cyclic N) is 1. The molecule has 1 unspecified atom stereocenters. The molecule has 0 aromatic heterocycles. The maximum atomic E-state index is 9.91. The van der Waals surface area contributed by atoms with Crippen LogP contribution in [0.5, 0.6) is 0 Å². The normalized spacial score (nSPS) is 24.5. The topological polar surface area (TPSA) is 47.3 Å². The molecule has 1 aromatic rings. The molecule has 1 fully saturated rings. The number of benzene rings is 1. The largest absolute Gasteiger partial charge is 0.388 e. The molecule has 1 heterocycles. The zero-order chi connectivity index (χ0) is 11.8. The first-order valence-electron chi connectivity index (χ1n) is 5.19. The molecule has 1 N–H and O–H groups in total. The molecule has 2 rings (SSSR count). The van der Waals surface area contributed by atoms with Gasteiger partial charge in [-0.1, -0.05) is 15.9 Å². The number of nitrogens with zero attached hydrogens (tertiary/aromatic N) is 2. The Morgan fingerprint density at radius 3 is 2.88 bits per heavy atom. The Kier molecular flexibility index (Phi) is 2.92. The molecule has 3 nitrogen and oxygen atoms in total. The third-order valence-corrected chi connectivity index (χ3v) is 3.36. The van der Waals surface area contributed by atoms with Crippen molar-refractivity contribution in [1.29, 1.82) is 5.26 Å². The lowest BCUT2D eigenvalue weighted by atomic mass is 10.1. The second-order valence-electron chi connectivity index (χ2n) is 4.44. The van der Waals surface area contributed by atoms with Crippen molar-refractivity contribution in [2.24, 2.45) is 0 Å². The minimum absolute atomic E-state index is 0.587. The van der Waals surface area contributed by atoms with Gasteiger partial charge < -0.3 is 10.0 Å². The number of hydrogen-bond donors (Lipinski definition) is 1. The molecule has 1 atom stereocenters. The standard InChI is InChI=1S/C12H13BrN2O/c1-12(16)4-5-15(8-12)11-3-2-10(13)6-9(11)7-14/h2-3,6,16H,4-5,8H2,1H3.